The molecule has 0 aliphatic carbocycles. The van der Waals surface area contributed by atoms with Crippen LogP contribution in [0.15, 0.2) is 28.8 Å². The SMILES string of the molecule is COc1ccccc1NC(=O)Cc1noc(CN2C[C@@H](C)C[C@H](C)C2)n1. The highest BCUT2D eigenvalue weighted by Crippen LogP contribution is 2.23. The molecule has 0 bridgehead atoms. The number of carbonyl (C=O) groups is 1. The summed E-state index contributed by atoms with van der Waals surface area (Å²) in [7, 11) is 1.57. The third kappa shape index (κ3) is 4.82. The van der Waals surface area contributed by atoms with E-state index >= 15 is 0 Å². The third-order valence-electron chi connectivity index (χ3n) is 4.51. The Morgan fingerprint density at radius 1 is 1.31 bits per heavy atom. The molecule has 1 aliphatic rings. The van der Waals surface area contributed by atoms with Gasteiger partial charge in [-0.1, -0.05) is 31.1 Å². The summed E-state index contributed by atoms with van der Waals surface area (Å²) < 4.78 is 10.6. The summed E-state index contributed by atoms with van der Waals surface area (Å²) in [6.45, 7) is 7.25. The van der Waals surface area contributed by atoms with Gasteiger partial charge in [-0.2, -0.15) is 4.98 Å². The van der Waals surface area contributed by atoms with E-state index in [0.717, 1.165) is 13.1 Å². The van der Waals surface area contributed by atoms with Crippen LogP contribution >= 0.6 is 0 Å². The number of ether oxygens (including phenoxy) is 1. The average Bonchev–Trinajstić information content (AvgIpc) is 3.01. The fourth-order valence-electron chi connectivity index (χ4n) is 3.62. The van der Waals surface area contributed by atoms with Crippen molar-refractivity contribution in [1.29, 1.82) is 0 Å². The monoisotopic (exact) mass is 358 g/mol. The van der Waals surface area contributed by atoms with Crippen LogP contribution < -0.4 is 10.1 Å². The van der Waals surface area contributed by atoms with Crippen molar-refractivity contribution < 1.29 is 14.1 Å². The van der Waals surface area contributed by atoms with Gasteiger partial charge in [0.05, 0.1) is 25.8 Å². The van der Waals surface area contributed by atoms with Gasteiger partial charge in [-0.15, -0.1) is 0 Å². The van der Waals surface area contributed by atoms with Crippen LogP contribution in [-0.4, -0.2) is 41.1 Å². The van der Waals surface area contributed by atoms with Gasteiger partial charge in [0.15, 0.2) is 5.82 Å². The number of piperidine rings is 1. The molecule has 7 heteroatoms. The van der Waals surface area contributed by atoms with Crippen molar-refractivity contribution in [1.82, 2.24) is 15.0 Å². The molecule has 1 aromatic heterocycles. The molecule has 1 amide bonds. The van der Waals surface area contributed by atoms with E-state index in [1.165, 1.54) is 6.42 Å². The Morgan fingerprint density at radius 3 is 2.77 bits per heavy atom. The van der Waals surface area contributed by atoms with Gasteiger partial charge < -0.3 is 14.6 Å². The number of likely N-dealkylation sites (tertiary alicyclic amines) is 1. The molecule has 1 N–H and O–H groups in total. The van der Waals surface area contributed by atoms with Gasteiger partial charge in [0, 0.05) is 13.1 Å². The van der Waals surface area contributed by atoms with Crippen molar-refractivity contribution in [2.24, 2.45) is 11.8 Å². The number of carbonyl (C=O) groups excluding carboxylic acids is 1. The quantitative estimate of drug-likeness (QED) is 0.855. The maximum absolute atomic E-state index is 12.2. The standard InChI is InChI=1S/C19H26N4O3/c1-13-8-14(2)11-23(10-13)12-19-21-17(22-26-19)9-18(24)20-15-6-4-5-7-16(15)25-3/h4-7,13-14H,8-12H2,1-3H3,(H,20,24)/t13-,14-/m0/s1. The molecule has 2 heterocycles. The van der Waals surface area contributed by atoms with Gasteiger partial charge in [-0.3, -0.25) is 9.69 Å². The number of nitrogens with zero attached hydrogens (tertiary/aromatic N) is 3. The van der Waals surface area contributed by atoms with E-state index in [2.05, 4.69) is 34.2 Å². The smallest absolute Gasteiger partial charge is 0.240 e. The van der Waals surface area contributed by atoms with E-state index in [0.29, 0.717) is 41.5 Å². The minimum absolute atomic E-state index is 0.0638. The zero-order chi connectivity index (χ0) is 18.5. The van der Waals surface area contributed by atoms with E-state index in [1.807, 2.05) is 12.1 Å². The molecule has 2 atom stereocenters. The zero-order valence-electron chi connectivity index (χ0n) is 15.6. The van der Waals surface area contributed by atoms with Gasteiger partial charge in [0.2, 0.25) is 11.8 Å². The first kappa shape index (κ1) is 18.4. The maximum atomic E-state index is 12.2. The van der Waals surface area contributed by atoms with E-state index in [9.17, 15) is 4.79 Å². The van der Waals surface area contributed by atoms with Crippen LogP contribution in [0.25, 0.3) is 0 Å². The lowest BCUT2D eigenvalue weighted by molar-refractivity contribution is -0.115. The molecule has 7 nitrogen and oxygen atoms in total. The third-order valence-corrected chi connectivity index (χ3v) is 4.51. The first-order valence-electron chi connectivity index (χ1n) is 9.00. The molecule has 0 unspecified atom stereocenters. The molecule has 1 saturated heterocycles. The van der Waals surface area contributed by atoms with Gasteiger partial charge in [0.1, 0.15) is 5.75 Å². The highest BCUT2D eigenvalue weighted by molar-refractivity contribution is 5.93. The number of anilines is 1. The highest BCUT2D eigenvalue weighted by Gasteiger charge is 2.23. The largest absolute Gasteiger partial charge is 0.495 e. The summed E-state index contributed by atoms with van der Waals surface area (Å²) in [5.41, 5.74) is 0.625. The second-order valence-electron chi connectivity index (χ2n) is 7.17. The molecular formula is C19H26N4O3. The van der Waals surface area contributed by atoms with Crippen molar-refractivity contribution in [2.45, 2.75) is 33.2 Å². The molecule has 0 saturated carbocycles. The Morgan fingerprint density at radius 2 is 2.04 bits per heavy atom. The lowest BCUT2D eigenvalue weighted by atomic mass is 9.92. The number of benzene rings is 1. The van der Waals surface area contributed by atoms with Crippen molar-refractivity contribution in [3.05, 3.63) is 36.0 Å². The maximum Gasteiger partial charge on any atom is 0.240 e. The summed E-state index contributed by atoms with van der Waals surface area (Å²) in [5.74, 6) is 2.71. The number of aromatic nitrogens is 2. The van der Waals surface area contributed by atoms with Crippen LogP contribution in [0.1, 0.15) is 32.0 Å². The Kier molecular flexibility index (Phi) is 5.88. The topological polar surface area (TPSA) is 80.5 Å². The van der Waals surface area contributed by atoms with Crippen molar-refractivity contribution in [3.63, 3.8) is 0 Å². The number of hydrogen-bond acceptors (Lipinski definition) is 6. The number of methoxy groups -OCH3 is 1. The number of hydrogen-bond donors (Lipinski definition) is 1. The van der Waals surface area contributed by atoms with Crippen molar-refractivity contribution >= 4 is 11.6 Å². The Bertz CT molecular complexity index is 736. The molecule has 26 heavy (non-hydrogen) atoms. The summed E-state index contributed by atoms with van der Waals surface area (Å²) in [6, 6.07) is 7.27. The first-order chi connectivity index (χ1) is 12.5. The average molecular weight is 358 g/mol. The minimum Gasteiger partial charge on any atom is -0.495 e. The number of rotatable bonds is 6. The highest BCUT2D eigenvalue weighted by atomic mass is 16.5. The number of nitrogens with one attached hydrogen (secondary N) is 1. The molecule has 3 rings (SSSR count). The van der Waals surface area contributed by atoms with Gasteiger partial charge >= 0.3 is 0 Å². The fraction of sp³-hybridized carbons (Fsp3) is 0.526. The summed E-state index contributed by atoms with van der Waals surface area (Å²) in [4.78, 5) is 18.9. The summed E-state index contributed by atoms with van der Waals surface area (Å²) in [5, 5.41) is 6.76. The van der Waals surface area contributed by atoms with Crippen LogP contribution in [-0.2, 0) is 17.8 Å². The molecule has 1 aromatic carbocycles. The Labute approximate surface area is 153 Å². The number of para-hydroxylation sites is 2. The van der Waals surface area contributed by atoms with E-state index in [1.54, 1.807) is 19.2 Å². The molecule has 140 valence electrons. The molecular weight excluding hydrogens is 332 g/mol. The van der Waals surface area contributed by atoms with Gasteiger partial charge in [-0.05, 0) is 30.4 Å². The Hall–Kier alpha value is -2.41. The minimum atomic E-state index is -0.206. The summed E-state index contributed by atoms with van der Waals surface area (Å²) in [6.07, 6.45) is 1.32. The predicted molar refractivity (Wildman–Crippen MR) is 97.8 cm³/mol. The fourth-order valence-corrected chi connectivity index (χ4v) is 3.62. The zero-order valence-corrected chi connectivity index (χ0v) is 15.6. The molecule has 2 aromatic rings. The van der Waals surface area contributed by atoms with Crippen molar-refractivity contribution in [3.8, 4) is 5.75 Å². The normalized spacial score (nSPS) is 20.7. The molecule has 0 radical (unpaired) electrons. The van der Waals surface area contributed by atoms with Crippen LogP contribution in [0.3, 0.4) is 0 Å². The van der Waals surface area contributed by atoms with Gasteiger partial charge in [-0.25, -0.2) is 0 Å². The predicted octanol–water partition coefficient (Wildman–Crippen LogP) is 2.74. The van der Waals surface area contributed by atoms with Crippen molar-refractivity contribution in [2.75, 3.05) is 25.5 Å². The van der Waals surface area contributed by atoms with E-state index in [-0.39, 0.29) is 12.3 Å². The lowest BCUT2D eigenvalue weighted by Gasteiger charge is -2.33. The van der Waals surface area contributed by atoms with E-state index < -0.39 is 0 Å². The molecule has 1 fully saturated rings. The molecule has 0 spiro atoms. The van der Waals surface area contributed by atoms with E-state index in [4.69, 9.17) is 9.26 Å². The van der Waals surface area contributed by atoms with Crippen LogP contribution in [0.5, 0.6) is 5.75 Å². The second kappa shape index (κ2) is 8.31. The number of amides is 1. The van der Waals surface area contributed by atoms with Gasteiger partial charge in [0.25, 0.3) is 0 Å². The van der Waals surface area contributed by atoms with Crippen LogP contribution in [0.4, 0.5) is 5.69 Å². The Balaban J connectivity index is 1.55. The lowest BCUT2D eigenvalue weighted by Crippen LogP contribution is -2.38. The first-order valence-corrected chi connectivity index (χ1v) is 9.00. The van der Waals surface area contributed by atoms with Crippen LogP contribution in [0, 0.1) is 11.8 Å². The second-order valence-corrected chi connectivity index (χ2v) is 7.17. The van der Waals surface area contributed by atoms with Crippen LogP contribution in [0.2, 0.25) is 0 Å². The summed E-state index contributed by atoms with van der Waals surface area (Å²) >= 11 is 0. The molecule has 1 aliphatic heterocycles.